The number of piperidine rings is 1. The van der Waals surface area contributed by atoms with Crippen LogP contribution in [-0.4, -0.2) is 46.6 Å². The van der Waals surface area contributed by atoms with Gasteiger partial charge in [-0.1, -0.05) is 6.07 Å². The Balaban J connectivity index is 1.92. The average Bonchev–Trinajstić information content (AvgIpc) is 2.60. The number of amides is 1. The lowest BCUT2D eigenvalue weighted by Gasteiger charge is -2.32. The summed E-state index contributed by atoms with van der Waals surface area (Å²) in [6.45, 7) is 0.456. The minimum Gasteiger partial charge on any atom is -0.497 e. The zero-order valence-corrected chi connectivity index (χ0v) is 12.9. The van der Waals surface area contributed by atoms with Crippen molar-refractivity contribution in [2.45, 2.75) is 25.3 Å². The van der Waals surface area contributed by atoms with Crippen LogP contribution in [0.25, 0.3) is 10.9 Å². The lowest BCUT2D eigenvalue weighted by atomic mass is 10.0. The lowest BCUT2D eigenvalue weighted by Crippen LogP contribution is -2.48. The molecule has 1 aliphatic heterocycles. The second-order valence-electron chi connectivity index (χ2n) is 5.60. The van der Waals surface area contributed by atoms with Gasteiger partial charge < -0.3 is 14.7 Å². The van der Waals surface area contributed by atoms with Crippen molar-refractivity contribution in [3.63, 3.8) is 0 Å². The molecular formula is C17H18N2O4. The first-order chi connectivity index (χ1) is 11.1. The predicted octanol–water partition coefficient (Wildman–Crippen LogP) is 2.32. The van der Waals surface area contributed by atoms with Crippen molar-refractivity contribution in [2.75, 3.05) is 13.7 Å². The van der Waals surface area contributed by atoms with Crippen LogP contribution in [0.3, 0.4) is 0 Å². The van der Waals surface area contributed by atoms with E-state index < -0.39 is 12.0 Å². The molecule has 0 saturated carbocycles. The van der Waals surface area contributed by atoms with E-state index in [4.69, 9.17) is 4.74 Å². The van der Waals surface area contributed by atoms with Crippen molar-refractivity contribution in [1.29, 1.82) is 0 Å². The monoisotopic (exact) mass is 314 g/mol. The van der Waals surface area contributed by atoms with Crippen LogP contribution in [-0.2, 0) is 4.79 Å². The largest absolute Gasteiger partial charge is 0.497 e. The van der Waals surface area contributed by atoms with Crippen LogP contribution in [0, 0.1) is 0 Å². The van der Waals surface area contributed by atoms with Crippen molar-refractivity contribution >= 4 is 22.8 Å². The van der Waals surface area contributed by atoms with E-state index in [9.17, 15) is 14.7 Å². The summed E-state index contributed by atoms with van der Waals surface area (Å²) in [6.07, 6.45) is 2.14. The Hall–Kier alpha value is -2.63. The molecule has 23 heavy (non-hydrogen) atoms. The number of nitrogens with zero attached hydrogens (tertiary/aromatic N) is 2. The fourth-order valence-corrected chi connectivity index (χ4v) is 2.93. The first kappa shape index (κ1) is 15.3. The molecule has 1 amide bonds. The molecule has 0 radical (unpaired) electrons. The molecule has 120 valence electrons. The molecule has 6 nitrogen and oxygen atoms in total. The van der Waals surface area contributed by atoms with Crippen LogP contribution in [0.5, 0.6) is 5.75 Å². The summed E-state index contributed by atoms with van der Waals surface area (Å²) in [5, 5.41) is 10.2. The fraction of sp³-hybridized carbons (Fsp3) is 0.353. The molecule has 2 heterocycles. The molecule has 6 heteroatoms. The number of ether oxygens (including phenoxy) is 1. The van der Waals surface area contributed by atoms with Gasteiger partial charge >= 0.3 is 5.97 Å². The van der Waals surface area contributed by atoms with E-state index in [0.717, 1.165) is 24.0 Å². The number of pyridine rings is 1. The number of hydrogen-bond donors (Lipinski definition) is 1. The van der Waals surface area contributed by atoms with Crippen molar-refractivity contribution in [1.82, 2.24) is 9.88 Å². The van der Waals surface area contributed by atoms with Crippen molar-refractivity contribution in [2.24, 2.45) is 0 Å². The van der Waals surface area contributed by atoms with E-state index in [1.807, 2.05) is 6.07 Å². The van der Waals surface area contributed by atoms with Gasteiger partial charge in [0, 0.05) is 11.9 Å². The molecule has 1 atom stereocenters. The Morgan fingerprint density at radius 2 is 2.09 bits per heavy atom. The third kappa shape index (κ3) is 2.97. The van der Waals surface area contributed by atoms with Crippen molar-refractivity contribution in [3.8, 4) is 5.75 Å². The van der Waals surface area contributed by atoms with E-state index in [0.29, 0.717) is 18.5 Å². The summed E-state index contributed by atoms with van der Waals surface area (Å²) in [5.74, 6) is -0.557. The smallest absolute Gasteiger partial charge is 0.326 e. The van der Waals surface area contributed by atoms with Gasteiger partial charge in [0.2, 0.25) is 0 Å². The first-order valence-corrected chi connectivity index (χ1v) is 7.59. The number of likely N-dealkylation sites (tertiary alicyclic amines) is 1. The Morgan fingerprint density at radius 3 is 2.83 bits per heavy atom. The number of aromatic nitrogens is 1. The number of aliphatic carboxylic acids is 1. The minimum atomic E-state index is -0.955. The SMILES string of the molecule is COc1ccc2nc(C(=O)N3CCCC[C@@H]3C(=O)O)ccc2c1. The predicted molar refractivity (Wildman–Crippen MR) is 84.6 cm³/mol. The van der Waals surface area contributed by atoms with E-state index in [1.54, 1.807) is 31.4 Å². The normalized spacial score (nSPS) is 18.0. The van der Waals surface area contributed by atoms with Gasteiger partial charge in [-0.3, -0.25) is 4.79 Å². The summed E-state index contributed by atoms with van der Waals surface area (Å²) >= 11 is 0. The molecule has 1 fully saturated rings. The van der Waals surface area contributed by atoms with Crippen molar-refractivity contribution in [3.05, 3.63) is 36.0 Å². The maximum absolute atomic E-state index is 12.7. The van der Waals surface area contributed by atoms with Crippen molar-refractivity contribution < 1.29 is 19.4 Å². The second-order valence-corrected chi connectivity index (χ2v) is 5.60. The summed E-state index contributed by atoms with van der Waals surface area (Å²) in [7, 11) is 1.59. The Bertz CT molecular complexity index is 759. The summed E-state index contributed by atoms with van der Waals surface area (Å²) in [5.41, 5.74) is 0.955. The highest BCUT2D eigenvalue weighted by Crippen LogP contribution is 2.22. The zero-order valence-electron chi connectivity index (χ0n) is 12.9. The van der Waals surface area contributed by atoms with Crippen LogP contribution in [0.2, 0.25) is 0 Å². The van der Waals surface area contributed by atoms with Gasteiger partial charge in [-0.05, 0) is 43.5 Å². The minimum absolute atomic E-state index is 0.274. The Labute approximate surface area is 133 Å². The van der Waals surface area contributed by atoms with Crippen LogP contribution in [0.15, 0.2) is 30.3 Å². The molecule has 1 saturated heterocycles. The van der Waals surface area contributed by atoms with Gasteiger partial charge in [-0.25, -0.2) is 9.78 Å². The topological polar surface area (TPSA) is 79.7 Å². The Kier molecular flexibility index (Phi) is 4.14. The molecule has 1 aromatic heterocycles. The molecule has 0 aliphatic carbocycles. The summed E-state index contributed by atoms with van der Waals surface area (Å²) in [6, 6.07) is 8.09. The molecule has 0 unspecified atom stereocenters. The standard InChI is InChI=1S/C17H18N2O4/c1-23-12-6-8-13-11(10-12)5-7-14(18-13)16(20)19-9-3-2-4-15(19)17(21)22/h5-8,10,15H,2-4,9H2,1H3,(H,21,22)/t15-/m1/s1. The number of carboxylic acid groups (broad SMARTS) is 1. The summed E-state index contributed by atoms with van der Waals surface area (Å²) < 4.78 is 5.17. The molecule has 1 aliphatic rings. The number of carbonyl (C=O) groups is 2. The number of benzene rings is 1. The molecule has 0 spiro atoms. The molecule has 1 N–H and O–H groups in total. The summed E-state index contributed by atoms with van der Waals surface area (Å²) in [4.78, 5) is 29.8. The maximum Gasteiger partial charge on any atom is 0.326 e. The van der Waals surface area contributed by atoms with E-state index in [1.165, 1.54) is 4.90 Å². The highest BCUT2D eigenvalue weighted by Gasteiger charge is 2.32. The number of carboxylic acids is 1. The van der Waals surface area contributed by atoms with Crippen LogP contribution in [0.4, 0.5) is 0 Å². The zero-order chi connectivity index (χ0) is 16.4. The highest BCUT2D eigenvalue weighted by atomic mass is 16.5. The van der Waals surface area contributed by atoms with Gasteiger partial charge in [0.05, 0.1) is 12.6 Å². The lowest BCUT2D eigenvalue weighted by molar-refractivity contribution is -0.143. The molecule has 3 rings (SSSR count). The van der Waals surface area contributed by atoms with Crippen LogP contribution < -0.4 is 4.74 Å². The number of fused-ring (bicyclic) bond motifs is 1. The van der Waals surface area contributed by atoms with Gasteiger partial charge in [0.15, 0.2) is 0 Å². The van der Waals surface area contributed by atoms with Gasteiger partial charge in [-0.15, -0.1) is 0 Å². The number of hydrogen-bond acceptors (Lipinski definition) is 4. The molecule has 1 aromatic carbocycles. The van der Waals surface area contributed by atoms with E-state index in [-0.39, 0.29) is 11.6 Å². The third-order valence-electron chi connectivity index (χ3n) is 4.16. The molecule has 2 aromatic rings. The highest BCUT2D eigenvalue weighted by molar-refractivity contribution is 5.97. The third-order valence-corrected chi connectivity index (χ3v) is 4.16. The van der Waals surface area contributed by atoms with Gasteiger partial charge in [-0.2, -0.15) is 0 Å². The Morgan fingerprint density at radius 1 is 1.26 bits per heavy atom. The number of methoxy groups -OCH3 is 1. The number of rotatable bonds is 3. The molecular weight excluding hydrogens is 296 g/mol. The first-order valence-electron chi connectivity index (χ1n) is 7.59. The van der Waals surface area contributed by atoms with E-state index in [2.05, 4.69) is 4.98 Å². The van der Waals surface area contributed by atoms with Crippen LogP contribution >= 0.6 is 0 Å². The molecule has 0 bridgehead atoms. The second kappa shape index (κ2) is 6.24. The fourth-order valence-electron chi connectivity index (χ4n) is 2.93. The van der Waals surface area contributed by atoms with Gasteiger partial charge in [0.1, 0.15) is 17.5 Å². The maximum atomic E-state index is 12.7. The van der Waals surface area contributed by atoms with E-state index >= 15 is 0 Å². The van der Waals surface area contributed by atoms with Crippen LogP contribution in [0.1, 0.15) is 29.8 Å². The quantitative estimate of drug-likeness (QED) is 0.940. The van der Waals surface area contributed by atoms with Gasteiger partial charge in [0.25, 0.3) is 5.91 Å². The number of carbonyl (C=O) groups excluding carboxylic acids is 1. The average molecular weight is 314 g/mol.